The van der Waals surface area contributed by atoms with Crippen LogP contribution in [0.15, 0.2) is 27.0 Å². The van der Waals surface area contributed by atoms with E-state index in [2.05, 4.69) is 20.9 Å². The fraction of sp³-hybridized carbons (Fsp3) is 0.154. The van der Waals surface area contributed by atoms with Gasteiger partial charge in [-0.3, -0.25) is 9.36 Å². The highest BCUT2D eigenvalue weighted by Crippen LogP contribution is 2.27. The molecule has 0 unspecified atom stereocenters. The molecule has 0 aliphatic heterocycles. The van der Waals surface area contributed by atoms with Crippen molar-refractivity contribution in [1.29, 1.82) is 0 Å². The first-order chi connectivity index (χ1) is 9.97. The number of hydrogen-bond donors (Lipinski definition) is 1. The zero-order valence-corrected chi connectivity index (χ0v) is 14.0. The lowest BCUT2D eigenvalue weighted by molar-refractivity contribution is 0.0701. The van der Waals surface area contributed by atoms with E-state index in [0.29, 0.717) is 22.3 Å². The molecule has 0 saturated carbocycles. The lowest BCUT2D eigenvalue weighted by atomic mass is 10.2. The van der Waals surface area contributed by atoms with E-state index in [9.17, 15) is 9.59 Å². The Morgan fingerprint density at radius 3 is 2.81 bits per heavy atom. The fourth-order valence-electron chi connectivity index (χ4n) is 2.08. The largest absolute Gasteiger partial charge is 0.477 e. The number of thiophene rings is 2. The van der Waals surface area contributed by atoms with Crippen LogP contribution >= 0.6 is 38.6 Å². The van der Waals surface area contributed by atoms with Crippen LogP contribution in [0.3, 0.4) is 0 Å². The van der Waals surface area contributed by atoms with Gasteiger partial charge in [0.15, 0.2) is 0 Å². The van der Waals surface area contributed by atoms with E-state index in [1.54, 1.807) is 18.3 Å². The van der Waals surface area contributed by atoms with Crippen molar-refractivity contribution in [2.75, 3.05) is 0 Å². The van der Waals surface area contributed by atoms with Gasteiger partial charge in [0.05, 0.1) is 22.0 Å². The van der Waals surface area contributed by atoms with Crippen LogP contribution in [0.2, 0.25) is 0 Å². The van der Waals surface area contributed by atoms with Crippen LogP contribution in [0.5, 0.6) is 0 Å². The van der Waals surface area contributed by atoms with E-state index < -0.39 is 5.97 Å². The van der Waals surface area contributed by atoms with Crippen LogP contribution < -0.4 is 5.56 Å². The van der Waals surface area contributed by atoms with Crippen molar-refractivity contribution >= 4 is 54.8 Å². The Morgan fingerprint density at radius 1 is 1.43 bits per heavy atom. The van der Waals surface area contributed by atoms with Crippen molar-refractivity contribution in [3.05, 3.63) is 47.9 Å². The molecule has 3 aromatic rings. The number of halogens is 1. The molecule has 8 heteroatoms. The van der Waals surface area contributed by atoms with Gasteiger partial charge in [-0.1, -0.05) is 0 Å². The molecule has 0 spiro atoms. The highest BCUT2D eigenvalue weighted by atomic mass is 79.9. The summed E-state index contributed by atoms with van der Waals surface area (Å²) in [5, 5.41) is 9.53. The highest BCUT2D eigenvalue weighted by molar-refractivity contribution is 9.11. The average Bonchev–Trinajstić information content (AvgIpc) is 2.97. The minimum absolute atomic E-state index is 0.172. The van der Waals surface area contributed by atoms with Gasteiger partial charge in [0, 0.05) is 4.88 Å². The van der Waals surface area contributed by atoms with Gasteiger partial charge in [-0.15, -0.1) is 22.7 Å². The standard InChI is InChI=1S/C13H9BrN2O3S2/c1-6-9-11(21-10(6)13(18)19)15-5-16(12(9)17)4-7-2-3-8(14)20-7/h2-3,5H,4H2,1H3,(H,18,19). The number of aromatic carboxylic acids is 1. The number of aryl methyl sites for hydroxylation is 1. The van der Waals surface area contributed by atoms with Gasteiger partial charge >= 0.3 is 5.97 Å². The quantitative estimate of drug-likeness (QED) is 0.751. The number of carbonyl (C=O) groups is 1. The monoisotopic (exact) mass is 384 g/mol. The molecule has 3 aromatic heterocycles. The molecule has 0 atom stereocenters. The van der Waals surface area contributed by atoms with Gasteiger partial charge < -0.3 is 5.11 Å². The molecule has 0 aliphatic rings. The molecule has 0 aromatic carbocycles. The zero-order valence-electron chi connectivity index (χ0n) is 10.8. The molecular formula is C13H9BrN2O3S2. The van der Waals surface area contributed by atoms with E-state index in [4.69, 9.17) is 5.11 Å². The molecule has 0 amide bonds. The van der Waals surface area contributed by atoms with Gasteiger partial charge in [-0.25, -0.2) is 9.78 Å². The van der Waals surface area contributed by atoms with Crippen LogP contribution in [0.25, 0.3) is 10.2 Å². The number of carboxylic acids is 1. The van der Waals surface area contributed by atoms with Crippen molar-refractivity contribution < 1.29 is 9.90 Å². The number of carboxylic acid groups (broad SMARTS) is 1. The van der Waals surface area contributed by atoms with Crippen molar-refractivity contribution in [1.82, 2.24) is 9.55 Å². The first-order valence-corrected chi connectivity index (χ1v) is 8.36. The second-order valence-electron chi connectivity index (χ2n) is 4.42. The van der Waals surface area contributed by atoms with Gasteiger partial charge in [0.25, 0.3) is 5.56 Å². The minimum Gasteiger partial charge on any atom is -0.477 e. The molecule has 0 radical (unpaired) electrons. The third-order valence-electron chi connectivity index (χ3n) is 3.07. The van der Waals surface area contributed by atoms with E-state index in [0.717, 1.165) is 20.0 Å². The number of nitrogens with zero attached hydrogens (tertiary/aromatic N) is 2. The molecule has 108 valence electrons. The van der Waals surface area contributed by atoms with Crippen LogP contribution in [-0.2, 0) is 6.54 Å². The Kier molecular flexibility index (Phi) is 3.68. The van der Waals surface area contributed by atoms with Gasteiger partial charge in [-0.05, 0) is 40.5 Å². The number of aromatic nitrogens is 2. The lowest BCUT2D eigenvalue weighted by Crippen LogP contribution is -2.20. The first-order valence-electron chi connectivity index (χ1n) is 5.93. The van der Waals surface area contributed by atoms with E-state index in [1.807, 2.05) is 12.1 Å². The zero-order chi connectivity index (χ0) is 15.1. The summed E-state index contributed by atoms with van der Waals surface area (Å²) in [6.45, 7) is 2.08. The second kappa shape index (κ2) is 5.36. The van der Waals surface area contributed by atoms with Crippen molar-refractivity contribution in [2.45, 2.75) is 13.5 Å². The van der Waals surface area contributed by atoms with E-state index in [1.165, 1.54) is 10.9 Å². The SMILES string of the molecule is Cc1c(C(=O)O)sc2ncn(Cc3ccc(Br)s3)c(=O)c12. The predicted molar refractivity (Wildman–Crippen MR) is 86.7 cm³/mol. The number of fused-ring (bicyclic) bond motifs is 1. The van der Waals surface area contributed by atoms with E-state index in [-0.39, 0.29) is 10.4 Å². The summed E-state index contributed by atoms with van der Waals surface area (Å²) in [4.78, 5) is 29.6. The molecule has 1 N–H and O–H groups in total. The maximum Gasteiger partial charge on any atom is 0.346 e. The molecule has 3 heterocycles. The average molecular weight is 385 g/mol. The summed E-state index contributed by atoms with van der Waals surface area (Å²) in [5.41, 5.74) is 0.285. The lowest BCUT2D eigenvalue weighted by Gasteiger charge is -2.03. The maximum atomic E-state index is 12.5. The Bertz CT molecular complexity index is 910. The third kappa shape index (κ3) is 2.54. The molecular weight excluding hydrogens is 376 g/mol. The Hall–Kier alpha value is -1.51. The Balaban J connectivity index is 2.13. The van der Waals surface area contributed by atoms with Crippen LogP contribution in [0, 0.1) is 6.92 Å². The molecule has 0 saturated heterocycles. The predicted octanol–water partition coefficient (Wildman–Crippen LogP) is 3.34. The second-order valence-corrected chi connectivity index (χ2v) is 7.97. The fourth-order valence-corrected chi connectivity index (χ4v) is 4.54. The summed E-state index contributed by atoms with van der Waals surface area (Å²) < 4.78 is 2.51. The van der Waals surface area contributed by atoms with Crippen molar-refractivity contribution in [3.63, 3.8) is 0 Å². The van der Waals surface area contributed by atoms with Gasteiger partial charge in [0.1, 0.15) is 9.71 Å². The van der Waals surface area contributed by atoms with Crippen LogP contribution in [0.1, 0.15) is 20.1 Å². The molecule has 21 heavy (non-hydrogen) atoms. The molecule has 0 aliphatic carbocycles. The van der Waals surface area contributed by atoms with Gasteiger partial charge in [0.2, 0.25) is 0 Å². The minimum atomic E-state index is -1.02. The molecule has 0 fully saturated rings. The van der Waals surface area contributed by atoms with Crippen molar-refractivity contribution in [2.24, 2.45) is 0 Å². The molecule has 5 nitrogen and oxygen atoms in total. The molecule has 3 rings (SSSR count). The smallest absolute Gasteiger partial charge is 0.346 e. The number of rotatable bonds is 3. The molecule has 0 bridgehead atoms. The summed E-state index contributed by atoms with van der Waals surface area (Å²) in [6.07, 6.45) is 1.47. The number of hydrogen-bond acceptors (Lipinski definition) is 5. The summed E-state index contributed by atoms with van der Waals surface area (Å²) >= 11 is 5.97. The summed E-state index contributed by atoms with van der Waals surface area (Å²) in [5.74, 6) is -1.02. The third-order valence-corrected chi connectivity index (χ3v) is 5.86. The first kappa shape index (κ1) is 14.4. The topological polar surface area (TPSA) is 72.2 Å². The van der Waals surface area contributed by atoms with Crippen molar-refractivity contribution in [3.8, 4) is 0 Å². The highest BCUT2D eigenvalue weighted by Gasteiger charge is 2.18. The van der Waals surface area contributed by atoms with Crippen LogP contribution in [0.4, 0.5) is 0 Å². The Labute approximate surface area is 135 Å². The maximum absolute atomic E-state index is 12.5. The van der Waals surface area contributed by atoms with E-state index >= 15 is 0 Å². The summed E-state index contributed by atoms with van der Waals surface area (Å²) in [7, 11) is 0. The summed E-state index contributed by atoms with van der Waals surface area (Å²) in [6, 6.07) is 3.86. The van der Waals surface area contributed by atoms with Crippen LogP contribution in [-0.4, -0.2) is 20.6 Å². The Morgan fingerprint density at radius 2 is 2.19 bits per heavy atom. The normalized spacial score (nSPS) is 11.1. The van der Waals surface area contributed by atoms with Gasteiger partial charge in [-0.2, -0.15) is 0 Å².